The lowest BCUT2D eigenvalue weighted by Gasteiger charge is -2.09. The lowest BCUT2D eigenvalue weighted by atomic mass is 10.3. The molecule has 0 aliphatic heterocycles. The minimum atomic E-state index is -0.565. The molecule has 0 saturated carbocycles. The van der Waals surface area contributed by atoms with Crippen LogP contribution in [0.15, 0.2) is 11.0 Å². The van der Waals surface area contributed by atoms with Gasteiger partial charge in [-0.2, -0.15) is 0 Å². The summed E-state index contributed by atoms with van der Waals surface area (Å²) in [6.45, 7) is 4.06. The van der Waals surface area contributed by atoms with Gasteiger partial charge in [-0.1, -0.05) is 0 Å². The van der Waals surface area contributed by atoms with Crippen LogP contribution in [0.5, 0.6) is 0 Å². The molecule has 6 heteroatoms. The van der Waals surface area contributed by atoms with Gasteiger partial charge in [0.05, 0.1) is 12.8 Å². The Morgan fingerprint density at radius 2 is 2.27 bits per heavy atom. The molecule has 82 valence electrons. The average Bonchev–Trinajstić information content (AvgIpc) is 2.18. The Labute approximate surface area is 86.7 Å². The highest BCUT2D eigenvalue weighted by atomic mass is 16.5. The molecule has 1 heterocycles. The van der Waals surface area contributed by atoms with E-state index in [1.165, 1.54) is 4.57 Å². The van der Waals surface area contributed by atoms with Gasteiger partial charge in [0.25, 0.3) is 0 Å². The van der Waals surface area contributed by atoms with Gasteiger partial charge >= 0.3 is 11.7 Å². The lowest BCUT2D eigenvalue weighted by molar-refractivity contribution is 0.0526. The third-order valence-corrected chi connectivity index (χ3v) is 1.91. The summed E-state index contributed by atoms with van der Waals surface area (Å²) in [7, 11) is 0. The van der Waals surface area contributed by atoms with E-state index in [4.69, 9.17) is 10.5 Å². The average molecular weight is 211 g/mol. The number of rotatable bonds is 3. The third kappa shape index (κ3) is 2.15. The first-order chi connectivity index (χ1) is 7.11. The molecule has 0 atom stereocenters. The first-order valence-electron chi connectivity index (χ1n) is 4.64. The SMILES string of the molecule is CCOC(=O)c1cnc(=O)n(CC)c1N. The molecule has 0 spiro atoms. The van der Waals surface area contributed by atoms with E-state index in [9.17, 15) is 9.59 Å². The van der Waals surface area contributed by atoms with Crippen LogP contribution in [0, 0.1) is 0 Å². The standard InChI is InChI=1S/C9H13N3O3/c1-3-12-7(10)6(5-11-9(12)14)8(13)15-4-2/h5H,3-4,10H2,1-2H3. The van der Waals surface area contributed by atoms with Crippen molar-refractivity contribution in [1.82, 2.24) is 9.55 Å². The Kier molecular flexibility index (Phi) is 3.43. The van der Waals surface area contributed by atoms with Gasteiger partial charge in [-0.15, -0.1) is 0 Å². The van der Waals surface area contributed by atoms with Gasteiger partial charge in [-0.3, -0.25) is 4.57 Å². The number of carbonyl (C=O) groups is 1. The number of nitrogens with two attached hydrogens (primary N) is 1. The van der Waals surface area contributed by atoms with E-state index in [0.717, 1.165) is 6.20 Å². The fourth-order valence-electron chi connectivity index (χ4n) is 1.18. The molecule has 0 radical (unpaired) electrons. The van der Waals surface area contributed by atoms with Gasteiger partial charge in [0, 0.05) is 6.54 Å². The van der Waals surface area contributed by atoms with Crippen LogP contribution < -0.4 is 11.4 Å². The van der Waals surface area contributed by atoms with Gasteiger partial charge in [0.2, 0.25) is 0 Å². The second-order valence-electron chi connectivity index (χ2n) is 2.80. The molecule has 0 aliphatic rings. The minimum Gasteiger partial charge on any atom is -0.462 e. The smallest absolute Gasteiger partial charge is 0.349 e. The summed E-state index contributed by atoms with van der Waals surface area (Å²) in [4.78, 5) is 26.2. The fourth-order valence-corrected chi connectivity index (χ4v) is 1.18. The molecule has 15 heavy (non-hydrogen) atoms. The molecular weight excluding hydrogens is 198 g/mol. The fraction of sp³-hybridized carbons (Fsp3) is 0.444. The molecule has 0 bridgehead atoms. The maximum Gasteiger partial charge on any atom is 0.349 e. The number of hydrogen-bond acceptors (Lipinski definition) is 5. The van der Waals surface area contributed by atoms with E-state index in [1.807, 2.05) is 0 Å². The maximum absolute atomic E-state index is 11.4. The van der Waals surface area contributed by atoms with Crippen molar-refractivity contribution < 1.29 is 9.53 Å². The van der Waals surface area contributed by atoms with E-state index in [0.29, 0.717) is 6.54 Å². The summed E-state index contributed by atoms with van der Waals surface area (Å²) in [5.41, 5.74) is 5.30. The second kappa shape index (κ2) is 4.59. The number of nitrogen functional groups attached to an aromatic ring is 1. The van der Waals surface area contributed by atoms with Crippen LogP contribution in [0.1, 0.15) is 24.2 Å². The van der Waals surface area contributed by atoms with Crippen molar-refractivity contribution in [2.75, 3.05) is 12.3 Å². The monoisotopic (exact) mass is 211 g/mol. The Balaban J connectivity index is 3.21. The Bertz CT molecular complexity index is 425. The van der Waals surface area contributed by atoms with Crippen LogP contribution in [0.25, 0.3) is 0 Å². The zero-order chi connectivity index (χ0) is 11.4. The summed E-state index contributed by atoms with van der Waals surface area (Å²) in [5, 5.41) is 0. The zero-order valence-electron chi connectivity index (χ0n) is 8.69. The molecule has 0 aliphatic carbocycles. The van der Waals surface area contributed by atoms with Crippen LogP contribution in [-0.2, 0) is 11.3 Å². The van der Waals surface area contributed by atoms with Crippen LogP contribution in [0.3, 0.4) is 0 Å². The van der Waals surface area contributed by atoms with Crippen molar-refractivity contribution in [2.24, 2.45) is 0 Å². The van der Waals surface area contributed by atoms with E-state index >= 15 is 0 Å². The first kappa shape index (κ1) is 11.2. The van der Waals surface area contributed by atoms with Crippen molar-refractivity contribution >= 4 is 11.8 Å². The molecule has 1 aromatic rings. The van der Waals surface area contributed by atoms with Crippen LogP contribution in [0.2, 0.25) is 0 Å². The van der Waals surface area contributed by atoms with Gasteiger partial charge in [0.1, 0.15) is 11.4 Å². The molecule has 1 rings (SSSR count). The van der Waals surface area contributed by atoms with Crippen molar-refractivity contribution in [3.8, 4) is 0 Å². The van der Waals surface area contributed by atoms with Crippen LogP contribution in [0.4, 0.5) is 5.82 Å². The third-order valence-electron chi connectivity index (χ3n) is 1.91. The predicted molar refractivity (Wildman–Crippen MR) is 54.5 cm³/mol. The summed E-state index contributed by atoms with van der Waals surface area (Å²) in [5.74, 6) is -0.472. The van der Waals surface area contributed by atoms with Gasteiger partial charge < -0.3 is 10.5 Å². The van der Waals surface area contributed by atoms with Gasteiger partial charge in [0.15, 0.2) is 0 Å². The Morgan fingerprint density at radius 3 is 2.80 bits per heavy atom. The summed E-state index contributed by atoms with van der Waals surface area (Å²) < 4.78 is 5.99. The Morgan fingerprint density at radius 1 is 1.60 bits per heavy atom. The van der Waals surface area contributed by atoms with E-state index in [2.05, 4.69) is 4.98 Å². The second-order valence-corrected chi connectivity index (χ2v) is 2.80. The number of aromatic nitrogens is 2. The molecule has 0 unspecified atom stereocenters. The molecular formula is C9H13N3O3. The summed E-state index contributed by atoms with van der Waals surface area (Å²) in [6, 6.07) is 0. The molecule has 0 amide bonds. The van der Waals surface area contributed by atoms with Gasteiger partial charge in [-0.25, -0.2) is 14.6 Å². The topological polar surface area (TPSA) is 87.2 Å². The molecule has 1 aromatic heterocycles. The first-order valence-corrected chi connectivity index (χ1v) is 4.64. The van der Waals surface area contributed by atoms with Gasteiger partial charge in [-0.05, 0) is 13.8 Å². The Hall–Kier alpha value is -1.85. The highest BCUT2D eigenvalue weighted by molar-refractivity contribution is 5.93. The minimum absolute atomic E-state index is 0.0935. The zero-order valence-corrected chi connectivity index (χ0v) is 8.69. The van der Waals surface area contributed by atoms with Crippen molar-refractivity contribution in [2.45, 2.75) is 20.4 Å². The molecule has 2 N–H and O–H groups in total. The lowest BCUT2D eigenvalue weighted by Crippen LogP contribution is -2.27. The highest BCUT2D eigenvalue weighted by Gasteiger charge is 2.14. The van der Waals surface area contributed by atoms with E-state index in [-0.39, 0.29) is 18.0 Å². The van der Waals surface area contributed by atoms with E-state index < -0.39 is 11.7 Å². The quantitative estimate of drug-likeness (QED) is 0.712. The van der Waals surface area contributed by atoms with E-state index in [1.54, 1.807) is 13.8 Å². The van der Waals surface area contributed by atoms with Crippen molar-refractivity contribution in [3.63, 3.8) is 0 Å². The summed E-state index contributed by atoms with van der Waals surface area (Å²) in [6.07, 6.45) is 1.14. The van der Waals surface area contributed by atoms with Crippen LogP contribution >= 0.6 is 0 Å². The molecule has 0 aromatic carbocycles. The highest BCUT2D eigenvalue weighted by Crippen LogP contribution is 2.08. The number of ether oxygens (including phenoxy) is 1. The maximum atomic E-state index is 11.4. The number of nitrogens with zero attached hydrogens (tertiary/aromatic N) is 2. The van der Waals surface area contributed by atoms with Crippen molar-refractivity contribution in [1.29, 1.82) is 0 Å². The number of anilines is 1. The normalized spacial score (nSPS) is 10.0. The van der Waals surface area contributed by atoms with Crippen LogP contribution in [-0.4, -0.2) is 22.1 Å². The van der Waals surface area contributed by atoms with Crippen molar-refractivity contribution in [3.05, 3.63) is 22.2 Å². The summed E-state index contributed by atoms with van der Waals surface area (Å²) >= 11 is 0. The molecule has 0 saturated heterocycles. The number of carbonyl (C=O) groups excluding carboxylic acids is 1. The predicted octanol–water partition coefficient (Wildman–Crippen LogP) is 0.0221. The molecule has 0 fully saturated rings. The largest absolute Gasteiger partial charge is 0.462 e. The molecule has 6 nitrogen and oxygen atoms in total. The number of hydrogen-bond donors (Lipinski definition) is 1. The number of esters is 1.